The Balaban J connectivity index is 0.00000320. The summed E-state index contributed by atoms with van der Waals surface area (Å²) in [6.45, 7) is 4.98. The first kappa shape index (κ1) is 26.6. The molecule has 9 heteroatoms. The second kappa shape index (κ2) is 12.2. The maximum atomic E-state index is 12.6. The summed E-state index contributed by atoms with van der Waals surface area (Å²) in [6, 6.07) is 22.0. The third-order valence-corrected chi connectivity index (χ3v) is 7.47. The largest absolute Gasteiger partial charge is 0.494 e. The molecule has 2 heterocycles. The highest BCUT2D eigenvalue weighted by atomic mass is 35.5. The van der Waals surface area contributed by atoms with Gasteiger partial charge in [0.05, 0.1) is 11.8 Å². The number of hydrogen-bond acceptors (Lipinski definition) is 7. The van der Waals surface area contributed by atoms with Gasteiger partial charge in [-0.1, -0.05) is 59.9 Å². The lowest BCUT2D eigenvalue weighted by Crippen LogP contribution is -2.48. The first-order chi connectivity index (χ1) is 17.6. The number of nitrogens with one attached hydrogen (secondary N) is 1. The Hall–Kier alpha value is -3.46. The monoisotopic (exact) mass is 536 g/mol. The molecule has 1 amide bonds. The van der Waals surface area contributed by atoms with Crippen molar-refractivity contribution in [1.29, 1.82) is 0 Å². The smallest absolute Gasteiger partial charge is 0.251 e. The normalized spacial score (nSPS) is 13.7. The summed E-state index contributed by atoms with van der Waals surface area (Å²) >= 11 is 1.69. The van der Waals surface area contributed by atoms with E-state index in [1.165, 1.54) is 0 Å². The van der Waals surface area contributed by atoms with Crippen LogP contribution in [0.4, 0.5) is 5.13 Å². The van der Waals surface area contributed by atoms with Crippen molar-refractivity contribution >= 4 is 50.8 Å². The van der Waals surface area contributed by atoms with Gasteiger partial charge in [-0.3, -0.25) is 14.5 Å². The molecule has 1 aromatic heterocycles. The SMILES string of the molecule is COc1cccc2sc(N3CCN(CCNC(=O)c4ccc(C(=O)c5ccccc5)cc4)CC3)nc12.Cl. The minimum Gasteiger partial charge on any atom is -0.494 e. The standard InChI is InChI=1S/C28H28N4O3S.ClH/c1-35-23-8-5-9-24-25(23)30-28(36-24)32-18-16-31(17-19-32)15-14-29-27(34)22-12-10-21(11-13-22)26(33)20-6-3-2-4-7-20;/h2-13H,14-19H2,1H3,(H,29,34);1H. The van der Waals surface area contributed by atoms with Crippen LogP contribution in [-0.4, -0.2) is 68.0 Å². The number of ether oxygens (including phenoxy) is 1. The zero-order chi connectivity index (χ0) is 24.9. The molecule has 4 aromatic rings. The van der Waals surface area contributed by atoms with Crippen LogP contribution < -0.4 is 15.0 Å². The fraction of sp³-hybridized carbons (Fsp3) is 0.250. The van der Waals surface area contributed by atoms with Crippen LogP contribution in [0.25, 0.3) is 10.2 Å². The van der Waals surface area contributed by atoms with Crippen LogP contribution in [0.2, 0.25) is 0 Å². The first-order valence-electron chi connectivity index (χ1n) is 12.0. The Kier molecular flexibility index (Phi) is 8.76. The van der Waals surface area contributed by atoms with Crippen LogP contribution in [0.3, 0.4) is 0 Å². The summed E-state index contributed by atoms with van der Waals surface area (Å²) in [4.78, 5) is 34.6. The number of hydrogen-bond donors (Lipinski definition) is 1. The second-order valence-electron chi connectivity index (χ2n) is 8.66. The summed E-state index contributed by atoms with van der Waals surface area (Å²) in [5.41, 5.74) is 2.68. The summed E-state index contributed by atoms with van der Waals surface area (Å²) in [6.07, 6.45) is 0. The predicted octanol–water partition coefficient (Wildman–Crippen LogP) is 4.51. The average Bonchev–Trinajstić information content (AvgIpc) is 3.38. The minimum atomic E-state index is -0.129. The van der Waals surface area contributed by atoms with Gasteiger partial charge in [0.2, 0.25) is 0 Å². The Labute approximate surface area is 226 Å². The molecule has 1 saturated heterocycles. The highest BCUT2D eigenvalue weighted by Crippen LogP contribution is 2.34. The van der Waals surface area contributed by atoms with Crippen molar-refractivity contribution < 1.29 is 14.3 Å². The van der Waals surface area contributed by atoms with Gasteiger partial charge in [-0.05, 0) is 24.3 Å². The molecule has 1 aliphatic heterocycles. The van der Waals surface area contributed by atoms with Gasteiger partial charge < -0.3 is 15.0 Å². The molecule has 0 bridgehead atoms. The van der Waals surface area contributed by atoms with Crippen LogP contribution in [0, 0.1) is 0 Å². The van der Waals surface area contributed by atoms with Crippen molar-refractivity contribution in [3.8, 4) is 5.75 Å². The van der Waals surface area contributed by atoms with Crippen molar-refractivity contribution in [2.24, 2.45) is 0 Å². The van der Waals surface area contributed by atoms with Gasteiger partial charge >= 0.3 is 0 Å². The molecule has 7 nitrogen and oxygen atoms in total. The number of aromatic nitrogens is 1. The van der Waals surface area contributed by atoms with Gasteiger partial charge in [0.25, 0.3) is 5.91 Å². The Morgan fingerprint density at radius 2 is 1.57 bits per heavy atom. The lowest BCUT2D eigenvalue weighted by Gasteiger charge is -2.34. The second-order valence-corrected chi connectivity index (χ2v) is 9.67. The van der Waals surface area contributed by atoms with E-state index in [1.54, 1.807) is 54.8 Å². The number of rotatable bonds is 8. The Morgan fingerprint density at radius 1 is 0.892 bits per heavy atom. The number of methoxy groups -OCH3 is 1. The number of piperazine rings is 1. The fourth-order valence-corrected chi connectivity index (χ4v) is 5.37. The molecule has 0 aliphatic carbocycles. The molecule has 0 saturated carbocycles. The van der Waals surface area contributed by atoms with Crippen molar-refractivity contribution in [3.05, 3.63) is 89.5 Å². The molecule has 1 fully saturated rings. The number of fused-ring (bicyclic) bond motifs is 1. The minimum absolute atomic E-state index is 0. The van der Waals surface area contributed by atoms with Crippen LogP contribution in [0.1, 0.15) is 26.3 Å². The molecular weight excluding hydrogens is 508 g/mol. The van der Waals surface area contributed by atoms with E-state index in [1.807, 2.05) is 30.3 Å². The van der Waals surface area contributed by atoms with Crippen molar-refractivity contribution in [1.82, 2.24) is 15.2 Å². The number of ketones is 1. The van der Waals surface area contributed by atoms with Gasteiger partial charge in [-0.15, -0.1) is 12.4 Å². The lowest BCUT2D eigenvalue weighted by atomic mass is 10.0. The number of thiazole rings is 1. The van der Waals surface area contributed by atoms with Crippen LogP contribution in [-0.2, 0) is 0 Å². The Bertz CT molecular complexity index is 1350. The number of benzene rings is 3. The number of nitrogens with zero attached hydrogens (tertiary/aromatic N) is 3. The number of halogens is 1. The van der Waals surface area contributed by atoms with Crippen LogP contribution >= 0.6 is 23.7 Å². The number of amides is 1. The molecule has 3 aromatic carbocycles. The van der Waals surface area contributed by atoms with E-state index in [4.69, 9.17) is 9.72 Å². The molecule has 37 heavy (non-hydrogen) atoms. The predicted molar refractivity (Wildman–Crippen MR) is 151 cm³/mol. The highest BCUT2D eigenvalue weighted by molar-refractivity contribution is 7.22. The molecule has 0 atom stereocenters. The van der Waals surface area contributed by atoms with Crippen molar-refractivity contribution in [3.63, 3.8) is 0 Å². The zero-order valence-electron chi connectivity index (χ0n) is 20.6. The molecular formula is C28H29ClN4O3S. The summed E-state index contributed by atoms with van der Waals surface area (Å²) in [7, 11) is 1.67. The summed E-state index contributed by atoms with van der Waals surface area (Å²) in [5.74, 6) is 0.629. The quantitative estimate of drug-likeness (QED) is 0.334. The number of anilines is 1. The van der Waals surface area contributed by atoms with Crippen molar-refractivity contribution in [2.45, 2.75) is 0 Å². The topological polar surface area (TPSA) is 74.8 Å². The summed E-state index contributed by atoms with van der Waals surface area (Å²) in [5, 5.41) is 4.02. The Morgan fingerprint density at radius 3 is 2.27 bits per heavy atom. The van der Waals surface area contributed by atoms with Gasteiger partial charge in [0.1, 0.15) is 11.3 Å². The van der Waals surface area contributed by atoms with Crippen LogP contribution in [0.5, 0.6) is 5.75 Å². The molecule has 0 unspecified atom stereocenters. The molecule has 1 aliphatic rings. The first-order valence-corrected chi connectivity index (χ1v) is 12.8. The number of para-hydroxylation sites is 1. The molecule has 192 valence electrons. The molecule has 1 N–H and O–H groups in total. The van der Waals surface area contributed by atoms with E-state index < -0.39 is 0 Å². The molecule has 0 spiro atoms. The third kappa shape index (κ3) is 6.10. The number of carbonyl (C=O) groups excluding carboxylic acids is 2. The van der Waals surface area contributed by atoms with Crippen LogP contribution in [0.15, 0.2) is 72.8 Å². The van der Waals surface area contributed by atoms with E-state index >= 15 is 0 Å². The zero-order valence-corrected chi connectivity index (χ0v) is 22.2. The average molecular weight is 537 g/mol. The van der Waals surface area contributed by atoms with E-state index in [9.17, 15) is 9.59 Å². The van der Waals surface area contributed by atoms with E-state index in [2.05, 4.69) is 21.2 Å². The molecule has 0 radical (unpaired) electrons. The lowest BCUT2D eigenvalue weighted by molar-refractivity contribution is 0.0946. The third-order valence-electron chi connectivity index (χ3n) is 6.39. The van der Waals surface area contributed by atoms with Gasteiger partial charge in [0.15, 0.2) is 10.9 Å². The maximum absolute atomic E-state index is 12.6. The van der Waals surface area contributed by atoms with Crippen molar-refractivity contribution in [2.75, 3.05) is 51.3 Å². The van der Waals surface area contributed by atoms with E-state index in [0.717, 1.165) is 53.8 Å². The van der Waals surface area contributed by atoms with E-state index in [0.29, 0.717) is 23.2 Å². The highest BCUT2D eigenvalue weighted by Gasteiger charge is 2.20. The fourth-order valence-electron chi connectivity index (χ4n) is 4.33. The summed E-state index contributed by atoms with van der Waals surface area (Å²) < 4.78 is 6.57. The number of carbonyl (C=O) groups is 2. The van der Waals surface area contributed by atoms with Gasteiger partial charge in [0, 0.05) is 56.0 Å². The van der Waals surface area contributed by atoms with E-state index in [-0.39, 0.29) is 24.1 Å². The maximum Gasteiger partial charge on any atom is 0.251 e. The van der Waals surface area contributed by atoms with Gasteiger partial charge in [-0.25, -0.2) is 4.98 Å². The van der Waals surface area contributed by atoms with Gasteiger partial charge in [-0.2, -0.15) is 0 Å². The molecule has 5 rings (SSSR count).